The average Bonchev–Trinajstić information content (AvgIpc) is 2.69. The third-order valence-corrected chi connectivity index (χ3v) is 4.53. The highest BCUT2D eigenvalue weighted by molar-refractivity contribution is 5.96. The van der Waals surface area contributed by atoms with Crippen LogP contribution in [0.3, 0.4) is 0 Å². The van der Waals surface area contributed by atoms with Crippen LogP contribution in [-0.4, -0.2) is 5.78 Å². The van der Waals surface area contributed by atoms with E-state index >= 15 is 0 Å². The fourth-order valence-corrected chi connectivity index (χ4v) is 3.35. The molecule has 0 spiro atoms. The molecule has 0 fully saturated rings. The molecule has 0 aliphatic rings. The van der Waals surface area contributed by atoms with Crippen LogP contribution in [-0.2, 0) is 10.2 Å². The first kappa shape index (κ1) is 27.0. The molecule has 0 atom stereocenters. The highest BCUT2D eigenvalue weighted by Gasteiger charge is 2.47. The van der Waals surface area contributed by atoms with Gasteiger partial charge in [-0.2, -0.15) is 0 Å². The molecular weight excluding hydrogens is 399 g/mol. The van der Waals surface area contributed by atoms with Crippen molar-refractivity contribution in [3.05, 3.63) is 106 Å². The van der Waals surface area contributed by atoms with Crippen molar-refractivity contribution in [3.63, 3.8) is 0 Å². The van der Waals surface area contributed by atoms with Crippen LogP contribution in [0.2, 0.25) is 0 Å². The molecule has 0 heterocycles. The van der Waals surface area contributed by atoms with Gasteiger partial charge in [0.15, 0.2) is 23.3 Å². The number of hydrogen-bond donors (Lipinski definition) is 0. The Morgan fingerprint density at radius 3 is 1.20 bits per heavy atom. The molecule has 0 amide bonds. The topological polar surface area (TPSA) is 17.1 Å². The van der Waals surface area contributed by atoms with Crippen LogP contribution in [0.1, 0.15) is 45.9 Å². The van der Waals surface area contributed by atoms with E-state index in [0.29, 0.717) is 0 Å². The maximum absolute atomic E-state index is 14.8. The van der Waals surface area contributed by atoms with Gasteiger partial charge in [-0.05, 0) is 18.1 Å². The molecule has 0 bridgehead atoms. The Bertz CT molecular complexity index is 933. The van der Waals surface area contributed by atoms with E-state index in [1.54, 1.807) is 12.1 Å². The fourth-order valence-electron chi connectivity index (χ4n) is 3.35. The first-order valence-corrected chi connectivity index (χ1v) is 7.97. The lowest BCUT2D eigenvalue weighted by Gasteiger charge is -2.34. The maximum Gasteiger partial charge on any atom is 0.200 e. The van der Waals surface area contributed by atoms with Gasteiger partial charge in [-0.1, -0.05) is 82.9 Å². The lowest BCUT2D eigenvalue weighted by Crippen LogP contribution is -2.39. The molecule has 3 rings (SSSR count). The second kappa shape index (κ2) is 10.1. The monoisotopic (exact) mass is 424 g/mol. The summed E-state index contributed by atoms with van der Waals surface area (Å²) in [6.07, 6.45) is 0. The number of ketones is 1. The molecular formula is C24H25F5O. The van der Waals surface area contributed by atoms with Gasteiger partial charge in [0, 0.05) is 0 Å². The highest BCUT2D eigenvalue weighted by Crippen LogP contribution is 2.44. The van der Waals surface area contributed by atoms with Crippen molar-refractivity contribution in [1.82, 2.24) is 0 Å². The predicted octanol–water partition coefficient (Wildman–Crippen LogP) is 7.21. The van der Waals surface area contributed by atoms with E-state index in [1.165, 1.54) is 48.5 Å². The number of halogens is 5. The molecule has 0 unspecified atom stereocenters. The van der Waals surface area contributed by atoms with Crippen LogP contribution in [0.25, 0.3) is 0 Å². The van der Waals surface area contributed by atoms with Crippen molar-refractivity contribution in [3.8, 4) is 0 Å². The van der Waals surface area contributed by atoms with Crippen LogP contribution in [0.15, 0.2) is 60.7 Å². The Morgan fingerprint density at radius 2 is 0.900 bits per heavy atom. The van der Waals surface area contributed by atoms with E-state index in [1.807, 2.05) is 0 Å². The number of Topliss-reactive ketones (excluding diaryl/α,β-unsaturated/α-hetero) is 1. The molecule has 0 saturated carbocycles. The minimum absolute atomic E-state index is 0. The van der Waals surface area contributed by atoms with Crippen LogP contribution in [0, 0.1) is 29.1 Å². The van der Waals surface area contributed by atoms with Crippen LogP contribution < -0.4 is 0 Å². The van der Waals surface area contributed by atoms with Gasteiger partial charge in [0.25, 0.3) is 0 Å². The molecule has 6 heteroatoms. The lowest BCUT2D eigenvalue weighted by atomic mass is 9.66. The van der Waals surface area contributed by atoms with E-state index < -0.39 is 45.8 Å². The average molecular weight is 424 g/mol. The molecule has 162 valence electrons. The molecule has 3 aromatic rings. The first-order valence-electron chi connectivity index (χ1n) is 7.97. The third-order valence-electron chi connectivity index (χ3n) is 4.53. The Balaban J connectivity index is 0.00000280. The fraction of sp³-hybridized carbons (Fsp3) is 0.208. The van der Waals surface area contributed by atoms with Gasteiger partial charge in [0.1, 0.15) is 11.2 Å². The summed E-state index contributed by atoms with van der Waals surface area (Å²) in [5.74, 6) is -11.3. The summed E-state index contributed by atoms with van der Waals surface area (Å²) >= 11 is 0. The van der Waals surface area contributed by atoms with Crippen LogP contribution in [0.4, 0.5) is 22.0 Å². The van der Waals surface area contributed by atoms with Crippen molar-refractivity contribution in [2.75, 3.05) is 0 Å². The van der Waals surface area contributed by atoms with Crippen molar-refractivity contribution in [2.24, 2.45) is 0 Å². The van der Waals surface area contributed by atoms with E-state index in [0.717, 1.165) is 6.92 Å². The van der Waals surface area contributed by atoms with Crippen molar-refractivity contribution >= 4 is 5.78 Å². The smallest absolute Gasteiger partial charge is 0.200 e. The largest absolute Gasteiger partial charge is 0.298 e. The Hall–Kier alpha value is -3.02. The highest BCUT2D eigenvalue weighted by atomic mass is 19.2. The van der Waals surface area contributed by atoms with Crippen LogP contribution >= 0.6 is 0 Å². The first-order chi connectivity index (χ1) is 12.8. The normalized spacial score (nSPS) is 10.3. The number of benzene rings is 3. The minimum Gasteiger partial charge on any atom is -0.298 e. The second-order valence-electron chi connectivity index (χ2n) is 5.98. The minimum atomic E-state index is -2.27. The van der Waals surface area contributed by atoms with Gasteiger partial charge >= 0.3 is 0 Å². The van der Waals surface area contributed by atoms with Crippen molar-refractivity contribution in [1.29, 1.82) is 0 Å². The molecule has 3 aromatic carbocycles. The second-order valence-corrected chi connectivity index (χ2v) is 5.98. The number of hydrogen-bond acceptors (Lipinski definition) is 1. The molecule has 1 nitrogen and oxygen atoms in total. The van der Waals surface area contributed by atoms with Crippen molar-refractivity contribution < 1.29 is 26.7 Å². The molecule has 0 aliphatic heterocycles. The summed E-state index contributed by atoms with van der Waals surface area (Å²) in [5.41, 5.74) is -3.21. The maximum atomic E-state index is 14.8. The Morgan fingerprint density at radius 1 is 0.600 bits per heavy atom. The summed E-state index contributed by atoms with van der Waals surface area (Å²) in [7, 11) is 0. The van der Waals surface area contributed by atoms with E-state index in [-0.39, 0.29) is 33.4 Å². The predicted molar refractivity (Wildman–Crippen MR) is 110 cm³/mol. The zero-order valence-electron chi connectivity index (χ0n) is 14.1. The molecule has 0 radical (unpaired) electrons. The molecule has 0 aromatic heterocycles. The summed E-state index contributed by atoms with van der Waals surface area (Å²) in [6.45, 7) is 1.05. The van der Waals surface area contributed by atoms with Gasteiger partial charge in [-0.15, -0.1) is 0 Å². The molecule has 0 N–H and O–H groups in total. The van der Waals surface area contributed by atoms with E-state index in [2.05, 4.69) is 0 Å². The van der Waals surface area contributed by atoms with Crippen molar-refractivity contribution in [2.45, 2.75) is 34.6 Å². The SMILES string of the molecule is C.C.C.CC(=O)C(c1ccccc1)(c1ccccc1)c1c(F)c(F)c(F)c(F)c1F. The summed E-state index contributed by atoms with van der Waals surface area (Å²) in [6, 6.07) is 14.9. The molecule has 30 heavy (non-hydrogen) atoms. The summed E-state index contributed by atoms with van der Waals surface area (Å²) < 4.78 is 71.0. The molecule has 0 saturated heterocycles. The lowest BCUT2D eigenvalue weighted by molar-refractivity contribution is -0.120. The number of carbonyl (C=O) groups excluding carboxylic acids is 1. The van der Waals surface area contributed by atoms with Gasteiger partial charge in [0.2, 0.25) is 5.82 Å². The molecule has 0 aliphatic carbocycles. The van der Waals surface area contributed by atoms with E-state index in [4.69, 9.17) is 0 Å². The Labute approximate surface area is 174 Å². The van der Waals surface area contributed by atoms with Gasteiger partial charge in [-0.3, -0.25) is 4.79 Å². The van der Waals surface area contributed by atoms with Gasteiger partial charge in [-0.25, -0.2) is 22.0 Å². The summed E-state index contributed by atoms with van der Waals surface area (Å²) in [4.78, 5) is 12.8. The zero-order valence-corrected chi connectivity index (χ0v) is 14.1. The summed E-state index contributed by atoms with van der Waals surface area (Å²) in [5, 5.41) is 0. The van der Waals surface area contributed by atoms with Gasteiger partial charge in [0.05, 0.1) is 5.56 Å². The van der Waals surface area contributed by atoms with E-state index in [9.17, 15) is 26.7 Å². The number of carbonyl (C=O) groups is 1. The number of rotatable bonds is 4. The van der Waals surface area contributed by atoms with Crippen LogP contribution in [0.5, 0.6) is 0 Å². The zero-order chi connectivity index (χ0) is 19.8. The standard InChI is InChI=1S/C21H13F5O.3CH4/c1-12(27)21(13-8-4-2-5-9-13,14-10-6-3-7-11-14)15-16(22)18(24)20(26)19(25)17(15)23;;;/h2-11H,1H3;3*1H4. The third kappa shape index (κ3) is 3.86. The Kier molecular flexibility index (Phi) is 9.12. The van der Waals surface area contributed by atoms with Gasteiger partial charge < -0.3 is 0 Å². The quantitative estimate of drug-likeness (QED) is 0.187.